The van der Waals surface area contributed by atoms with Gasteiger partial charge >= 0.3 is 0 Å². The fourth-order valence-electron chi connectivity index (χ4n) is 2.86. The molecule has 29 heavy (non-hydrogen) atoms. The van der Waals surface area contributed by atoms with E-state index in [-0.39, 0.29) is 24.1 Å². The first-order valence-electron chi connectivity index (χ1n) is 9.13. The Morgan fingerprint density at radius 3 is 2.24 bits per heavy atom. The molecule has 0 heterocycles. The highest BCUT2D eigenvalue weighted by molar-refractivity contribution is 7.99. The molecule has 156 valence electrons. The zero-order chi connectivity index (χ0) is 21.4. The monoisotopic (exact) mass is 472 g/mol. The zero-order valence-electron chi connectivity index (χ0n) is 16.3. The summed E-state index contributed by atoms with van der Waals surface area (Å²) in [6, 6.07) is 12.1. The van der Waals surface area contributed by atoms with E-state index in [1.165, 1.54) is 11.8 Å². The van der Waals surface area contributed by atoms with E-state index in [0.29, 0.717) is 32.8 Å². The van der Waals surface area contributed by atoms with E-state index in [0.717, 1.165) is 5.56 Å². The van der Waals surface area contributed by atoms with E-state index in [1.807, 2.05) is 31.2 Å². The fraction of sp³-hybridized carbons (Fsp3) is 0.333. The predicted octanol–water partition coefficient (Wildman–Crippen LogP) is 5.43. The number of nitrogens with one attached hydrogen (secondary N) is 1. The maximum atomic E-state index is 13.1. The number of hydrogen-bond donors (Lipinski definition) is 1. The van der Waals surface area contributed by atoms with Crippen molar-refractivity contribution in [3.8, 4) is 0 Å². The average Bonchev–Trinajstić information content (AvgIpc) is 2.71. The van der Waals surface area contributed by atoms with Crippen LogP contribution in [0.15, 0.2) is 42.5 Å². The lowest BCUT2D eigenvalue weighted by Crippen LogP contribution is -2.48. The van der Waals surface area contributed by atoms with Crippen LogP contribution < -0.4 is 5.32 Å². The molecule has 0 radical (unpaired) electrons. The number of likely N-dealkylation sites (N-methyl/N-ethyl adjacent to an activating group) is 1. The number of carbonyl (C=O) groups is 2. The Kier molecular flexibility index (Phi) is 9.63. The summed E-state index contributed by atoms with van der Waals surface area (Å²) in [5.74, 6) is 0.542. The predicted molar refractivity (Wildman–Crippen MR) is 123 cm³/mol. The standard InChI is InChI=1S/C21H23Cl3N2O2S/c1-3-19(21(28)25-2)26(11-16-17(23)5-4-6-18(16)24)20(27)13-29-12-14-7-9-15(22)10-8-14/h4-10,19H,3,11-13H2,1-2H3,(H,25,28)/t19-/m0/s1. The van der Waals surface area contributed by atoms with Crippen LogP contribution in [0, 0.1) is 0 Å². The molecule has 4 nitrogen and oxygen atoms in total. The quantitative estimate of drug-likeness (QED) is 0.528. The number of carbonyl (C=O) groups excluding carboxylic acids is 2. The van der Waals surface area contributed by atoms with E-state index in [2.05, 4.69) is 5.32 Å². The van der Waals surface area contributed by atoms with Crippen molar-refractivity contribution >= 4 is 58.4 Å². The SMILES string of the molecule is CC[C@@H](C(=O)NC)N(Cc1c(Cl)cccc1Cl)C(=O)CSCc1ccc(Cl)cc1. The van der Waals surface area contributed by atoms with Crippen LogP contribution in [0.1, 0.15) is 24.5 Å². The van der Waals surface area contributed by atoms with Crippen molar-refractivity contribution in [1.82, 2.24) is 10.2 Å². The Bertz CT molecular complexity index is 826. The van der Waals surface area contributed by atoms with Crippen LogP contribution in [-0.4, -0.2) is 35.6 Å². The second kappa shape index (κ2) is 11.7. The largest absolute Gasteiger partial charge is 0.357 e. The number of hydrogen-bond acceptors (Lipinski definition) is 3. The van der Waals surface area contributed by atoms with Crippen molar-refractivity contribution in [3.63, 3.8) is 0 Å². The second-order valence-corrected chi connectivity index (χ2v) is 8.62. The van der Waals surface area contributed by atoms with Gasteiger partial charge in [-0.2, -0.15) is 0 Å². The van der Waals surface area contributed by atoms with Gasteiger partial charge in [-0.15, -0.1) is 11.8 Å². The van der Waals surface area contributed by atoms with E-state index >= 15 is 0 Å². The topological polar surface area (TPSA) is 49.4 Å². The number of rotatable bonds is 9. The molecule has 2 aromatic carbocycles. The van der Waals surface area contributed by atoms with Gasteiger partial charge in [-0.1, -0.05) is 59.9 Å². The van der Waals surface area contributed by atoms with Gasteiger partial charge < -0.3 is 10.2 Å². The number of halogens is 3. The molecule has 0 spiro atoms. The summed E-state index contributed by atoms with van der Waals surface area (Å²) >= 11 is 20.0. The van der Waals surface area contributed by atoms with Crippen LogP contribution in [0.2, 0.25) is 15.1 Å². The summed E-state index contributed by atoms with van der Waals surface area (Å²) in [5.41, 5.74) is 1.71. The molecular formula is C21H23Cl3N2O2S. The number of benzene rings is 2. The Labute approximate surface area is 190 Å². The summed E-state index contributed by atoms with van der Waals surface area (Å²) in [5, 5.41) is 4.25. The van der Waals surface area contributed by atoms with Crippen LogP contribution in [-0.2, 0) is 21.9 Å². The van der Waals surface area contributed by atoms with Gasteiger partial charge in [-0.25, -0.2) is 0 Å². The molecule has 0 saturated carbocycles. The third-order valence-electron chi connectivity index (χ3n) is 4.43. The van der Waals surface area contributed by atoms with Crippen LogP contribution in [0.5, 0.6) is 0 Å². The molecule has 1 atom stereocenters. The molecule has 0 aliphatic rings. The molecule has 0 unspecified atom stereocenters. The average molecular weight is 474 g/mol. The molecular weight excluding hydrogens is 451 g/mol. The lowest BCUT2D eigenvalue weighted by molar-refractivity contribution is -0.139. The number of amides is 2. The molecule has 8 heteroatoms. The molecule has 2 aromatic rings. The first-order chi connectivity index (χ1) is 13.9. The highest BCUT2D eigenvalue weighted by atomic mass is 35.5. The van der Waals surface area contributed by atoms with Gasteiger partial charge in [-0.3, -0.25) is 9.59 Å². The molecule has 2 rings (SSSR count). The fourth-order valence-corrected chi connectivity index (χ4v) is 4.37. The van der Waals surface area contributed by atoms with Crippen LogP contribution in [0.3, 0.4) is 0 Å². The summed E-state index contributed by atoms with van der Waals surface area (Å²) in [6.45, 7) is 2.04. The summed E-state index contributed by atoms with van der Waals surface area (Å²) < 4.78 is 0. The molecule has 0 bridgehead atoms. The van der Waals surface area contributed by atoms with E-state index in [1.54, 1.807) is 30.1 Å². The molecule has 0 aromatic heterocycles. The van der Waals surface area contributed by atoms with Gasteiger partial charge in [0.05, 0.1) is 5.75 Å². The van der Waals surface area contributed by atoms with Crippen molar-refractivity contribution in [2.24, 2.45) is 0 Å². The summed E-state index contributed by atoms with van der Waals surface area (Å²) in [6.07, 6.45) is 0.481. The van der Waals surface area contributed by atoms with Crippen LogP contribution in [0.4, 0.5) is 0 Å². The maximum absolute atomic E-state index is 13.1. The molecule has 0 aliphatic heterocycles. The van der Waals surface area contributed by atoms with Crippen molar-refractivity contribution < 1.29 is 9.59 Å². The summed E-state index contributed by atoms with van der Waals surface area (Å²) in [7, 11) is 1.56. The van der Waals surface area contributed by atoms with Gasteiger partial charge in [0.15, 0.2) is 0 Å². The normalized spacial score (nSPS) is 11.8. The second-order valence-electron chi connectivity index (χ2n) is 6.38. The smallest absolute Gasteiger partial charge is 0.242 e. The minimum absolute atomic E-state index is 0.143. The first kappa shape index (κ1) is 23.9. The molecule has 0 saturated heterocycles. The Hall–Kier alpha value is -1.40. The minimum atomic E-state index is -0.601. The molecule has 0 aliphatic carbocycles. The minimum Gasteiger partial charge on any atom is -0.357 e. The first-order valence-corrected chi connectivity index (χ1v) is 11.4. The summed E-state index contributed by atoms with van der Waals surface area (Å²) in [4.78, 5) is 27.0. The van der Waals surface area contributed by atoms with E-state index < -0.39 is 6.04 Å². The highest BCUT2D eigenvalue weighted by Crippen LogP contribution is 2.27. The molecule has 0 fully saturated rings. The third-order valence-corrected chi connectivity index (χ3v) is 6.38. The lowest BCUT2D eigenvalue weighted by Gasteiger charge is -2.30. The Morgan fingerprint density at radius 1 is 1.07 bits per heavy atom. The highest BCUT2D eigenvalue weighted by Gasteiger charge is 2.29. The van der Waals surface area contributed by atoms with Crippen molar-refractivity contribution in [1.29, 1.82) is 0 Å². The van der Waals surface area contributed by atoms with Gasteiger partial charge in [0.25, 0.3) is 0 Å². The van der Waals surface area contributed by atoms with Crippen molar-refractivity contribution in [2.75, 3.05) is 12.8 Å². The van der Waals surface area contributed by atoms with Crippen LogP contribution in [0.25, 0.3) is 0 Å². The van der Waals surface area contributed by atoms with Gasteiger partial charge in [0.1, 0.15) is 6.04 Å². The zero-order valence-corrected chi connectivity index (χ0v) is 19.3. The third kappa shape index (κ3) is 6.82. The maximum Gasteiger partial charge on any atom is 0.242 e. The van der Waals surface area contributed by atoms with Gasteiger partial charge in [-0.05, 0) is 36.2 Å². The van der Waals surface area contributed by atoms with Crippen LogP contribution >= 0.6 is 46.6 Å². The Morgan fingerprint density at radius 2 is 1.69 bits per heavy atom. The molecule has 2 amide bonds. The Balaban J connectivity index is 2.15. The van der Waals surface area contributed by atoms with Gasteiger partial charge in [0.2, 0.25) is 11.8 Å². The van der Waals surface area contributed by atoms with Gasteiger partial charge in [0, 0.05) is 40.0 Å². The lowest BCUT2D eigenvalue weighted by atomic mass is 10.1. The number of nitrogens with zero attached hydrogens (tertiary/aromatic N) is 1. The van der Waals surface area contributed by atoms with Crippen molar-refractivity contribution in [3.05, 3.63) is 68.7 Å². The molecule has 1 N–H and O–H groups in total. The number of thioether (sulfide) groups is 1. The van der Waals surface area contributed by atoms with E-state index in [9.17, 15) is 9.59 Å². The van der Waals surface area contributed by atoms with E-state index in [4.69, 9.17) is 34.8 Å². The van der Waals surface area contributed by atoms with Crippen molar-refractivity contribution in [2.45, 2.75) is 31.7 Å².